The van der Waals surface area contributed by atoms with Crippen LogP contribution in [0, 0.1) is 5.41 Å². The smallest absolute Gasteiger partial charge is 0.339 e. The molecule has 0 heterocycles. The Morgan fingerprint density at radius 1 is 1.53 bits per heavy atom. The molecule has 0 aromatic heterocycles. The van der Waals surface area contributed by atoms with Crippen molar-refractivity contribution in [3.63, 3.8) is 0 Å². The minimum atomic E-state index is -4.22. The van der Waals surface area contributed by atoms with E-state index in [9.17, 15) is 9.36 Å². The lowest BCUT2D eigenvalue weighted by atomic mass is 10.1. The Labute approximate surface area is 111 Å². The fourth-order valence-corrected chi connectivity index (χ4v) is 1.76. The van der Waals surface area contributed by atoms with Crippen molar-refractivity contribution in [2.75, 3.05) is 19.4 Å². The predicted octanol–water partition coefficient (Wildman–Crippen LogP) is -1.09. The highest BCUT2D eigenvalue weighted by molar-refractivity contribution is 7.51. The molecule has 0 aliphatic heterocycles. The van der Waals surface area contributed by atoms with E-state index in [2.05, 4.69) is 10.6 Å². The van der Waals surface area contributed by atoms with E-state index in [0.717, 1.165) is 0 Å². The topological polar surface area (TPSA) is 158 Å². The number of carbonyl (C=O) groups is 1. The molecule has 0 rings (SSSR count). The molecule has 0 saturated heterocycles. The van der Waals surface area contributed by atoms with Crippen LogP contribution in [0.15, 0.2) is 0 Å². The molecule has 1 unspecified atom stereocenters. The maximum Gasteiger partial charge on any atom is 0.339 e. The maximum absolute atomic E-state index is 11.6. The molecular weight excluding hydrogens is 275 g/mol. The molecule has 0 aromatic rings. The van der Waals surface area contributed by atoms with E-state index >= 15 is 0 Å². The summed E-state index contributed by atoms with van der Waals surface area (Å²) in [4.78, 5) is 29.1. The van der Waals surface area contributed by atoms with Gasteiger partial charge in [-0.25, -0.2) is 0 Å². The molecule has 0 saturated carbocycles. The van der Waals surface area contributed by atoms with E-state index in [1.807, 2.05) is 0 Å². The third-order valence-corrected chi connectivity index (χ3v) is 2.69. The van der Waals surface area contributed by atoms with E-state index in [-0.39, 0.29) is 12.6 Å². The third kappa shape index (κ3) is 10.5. The van der Waals surface area contributed by atoms with Gasteiger partial charge in [0.15, 0.2) is 5.96 Å². The lowest BCUT2D eigenvalue weighted by Gasteiger charge is -2.17. The Balaban J connectivity index is 4.22. The Hall–Kier alpha value is -1.15. The summed E-state index contributed by atoms with van der Waals surface area (Å²) in [6.07, 6.45) is 0.229. The second-order valence-corrected chi connectivity index (χ2v) is 5.46. The Bertz CT molecular complexity index is 346. The van der Waals surface area contributed by atoms with Crippen molar-refractivity contribution in [2.24, 2.45) is 5.73 Å². The summed E-state index contributed by atoms with van der Waals surface area (Å²) >= 11 is 0. The molecule has 19 heavy (non-hydrogen) atoms. The standard InChI is InChI=1S/C9H21N4O5P/c1-2-18-8(14)7(13-6-19(15,16)17)4-3-5-12-9(10)11/h7,13H,2-6H2,1H3,(H4,10,11,12)(H2,15,16,17). The van der Waals surface area contributed by atoms with Gasteiger partial charge in [0.05, 0.1) is 12.9 Å². The van der Waals surface area contributed by atoms with Gasteiger partial charge in [-0.1, -0.05) is 0 Å². The van der Waals surface area contributed by atoms with Crippen LogP contribution in [-0.2, 0) is 14.1 Å². The van der Waals surface area contributed by atoms with Gasteiger partial charge in [-0.15, -0.1) is 0 Å². The third-order valence-electron chi connectivity index (χ3n) is 2.10. The van der Waals surface area contributed by atoms with Gasteiger partial charge in [-0.05, 0) is 19.8 Å². The first-order valence-electron chi connectivity index (χ1n) is 5.78. The van der Waals surface area contributed by atoms with Crippen molar-refractivity contribution in [1.29, 1.82) is 5.41 Å². The predicted molar refractivity (Wildman–Crippen MR) is 69.6 cm³/mol. The van der Waals surface area contributed by atoms with Gasteiger partial charge in [-0.2, -0.15) is 0 Å². The fourth-order valence-electron chi connectivity index (χ4n) is 1.30. The van der Waals surface area contributed by atoms with Crippen LogP contribution in [-0.4, -0.2) is 47.2 Å². The first kappa shape index (κ1) is 17.8. The van der Waals surface area contributed by atoms with Gasteiger partial charge in [-0.3, -0.25) is 20.1 Å². The maximum atomic E-state index is 11.6. The van der Waals surface area contributed by atoms with Crippen LogP contribution in [0.3, 0.4) is 0 Å². The van der Waals surface area contributed by atoms with Crippen LogP contribution >= 0.6 is 7.60 Å². The zero-order chi connectivity index (χ0) is 14.9. The molecule has 0 spiro atoms. The van der Waals surface area contributed by atoms with Crippen LogP contribution in [0.5, 0.6) is 0 Å². The zero-order valence-corrected chi connectivity index (χ0v) is 11.7. The Kier molecular flexibility index (Phi) is 8.33. The monoisotopic (exact) mass is 296 g/mol. The second kappa shape index (κ2) is 8.87. The summed E-state index contributed by atoms with van der Waals surface area (Å²) in [5.74, 6) is -0.727. The summed E-state index contributed by atoms with van der Waals surface area (Å²) in [5.41, 5.74) is 5.09. The number of esters is 1. The molecule has 0 aliphatic carbocycles. The highest BCUT2D eigenvalue weighted by atomic mass is 31.2. The SMILES string of the molecule is CCOC(=O)C(CCCNC(=N)N)NCP(=O)(O)O. The fraction of sp³-hybridized carbons (Fsp3) is 0.778. The molecule has 9 nitrogen and oxygen atoms in total. The molecule has 0 radical (unpaired) electrons. The number of carbonyl (C=O) groups excluding carboxylic acids is 1. The van der Waals surface area contributed by atoms with Crippen molar-refractivity contribution in [2.45, 2.75) is 25.8 Å². The lowest BCUT2D eigenvalue weighted by molar-refractivity contribution is -0.145. The van der Waals surface area contributed by atoms with Crippen molar-refractivity contribution in [3.8, 4) is 0 Å². The summed E-state index contributed by atoms with van der Waals surface area (Å²) in [6.45, 7) is 2.23. The van der Waals surface area contributed by atoms with Gasteiger partial charge in [0.2, 0.25) is 0 Å². The van der Waals surface area contributed by atoms with Crippen molar-refractivity contribution < 1.29 is 23.9 Å². The summed E-state index contributed by atoms with van der Waals surface area (Å²) in [5, 5.41) is 12.0. The van der Waals surface area contributed by atoms with Gasteiger partial charge >= 0.3 is 13.6 Å². The quantitative estimate of drug-likeness (QED) is 0.103. The molecule has 0 aromatic carbocycles. The van der Waals surface area contributed by atoms with Crippen molar-refractivity contribution in [3.05, 3.63) is 0 Å². The Morgan fingerprint density at radius 2 is 2.16 bits per heavy atom. The van der Waals surface area contributed by atoms with Crippen LogP contribution in [0.1, 0.15) is 19.8 Å². The molecule has 0 fully saturated rings. The number of hydrogen-bond acceptors (Lipinski definition) is 5. The molecule has 7 N–H and O–H groups in total. The average molecular weight is 296 g/mol. The molecule has 0 amide bonds. The molecule has 1 atom stereocenters. The number of hydrogen-bond donors (Lipinski definition) is 6. The van der Waals surface area contributed by atoms with E-state index in [4.69, 9.17) is 25.7 Å². The first-order chi connectivity index (χ1) is 8.76. The van der Waals surface area contributed by atoms with E-state index in [0.29, 0.717) is 19.4 Å². The number of nitrogens with two attached hydrogens (primary N) is 1. The lowest BCUT2D eigenvalue weighted by Crippen LogP contribution is -2.39. The number of ether oxygens (including phenoxy) is 1. The first-order valence-corrected chi connectivity index (χ1v) is 7.58. The molecule has 112 valence electrons. The second-order valence-electron chi connectivity index (χ2n) is 3.81. The zero-order valence-electron chi connectivity index (χ0n) is 10.8. The van der Waals surface area contributed by atoms with Crippen molar-refractivity contribution in [1.82, 2.24) is 10.6 Å². The summed E-state index contributed by atoms with van der Waals surface area (Å²) in [7, 11) is -4.22. The molecular formula is C9H21N4O5P. The van der Waals surface area contributed by atoms with Gasteiger partial charge in [0.1, 0.15) is 6.04 Å². The number of guanidine groups is 1. The van der Waals surface area contributed by atoms with Crippen LogP contribution in [0.4, 0.5) is 0 Å². The molecule has 0 bridgehead atoms. The molecule has 0 aliphatic rings. The largest absolute Gasteiger partial charge is 0.465 e. The van der Waals surface area contributed by atoms with Crippen LogP contribution < -0.4 is 16.4 Å². The van der Waals surface area contributed by atoms with Crippen molar-refractivity contribution >= 4 is 19.5 Å². The minimum Gasteiger partial charge on any atom is -0.465 e. The average Bonchev–Trinajstić information content (AvgIpc) is 2.26. The van der Waals surface area contributed by atoms with Gasteiger partial charge in [0.25, 0.3) is 0 Å². The summed E-state index contributed by atoms with van der Waals surface area (Å²) in [6, 6.07) is -0.790. The van der Waals surface area contributed by atoms with E-state index in [1.54, 1.807) is 6.92 Å². The normalized spacial score (nSPS) is 12.8. The van der Waals surface area contributed by atoms with Gasteiger partial charge in [0, 0.05) is 6.54 Å². The number of nitrogens with one attached hydrogen (secondary N) is 3. The number of rotatable bonds is 9. The van der Waals surface area contributed by atoms with E-state index < -0.39 is 25.9 Å². The Morgan fingerprint density at radius 3 is 2.63 bits per heavy atom. The van der Waals surface area contributed by atoms with E-state index in [1.165, 1.54) is 0 Å². The summed E-state index contributed by atoms with van der Waals surface area (Å²) < 4.78 is 15.6. The highest BCUT2D eigenvalue weighted by Crippen LogP contribution is 2.32. The van der Waals surface area contributed by atoms with Crippen LogP contribution in [0.2, 0.25) is 0 Å². The molecule has 10 heteroatoms. The minimum absolute atomic E-state index is 0.170. The van der Waals surface area contributed by atoms with Crippen LogP contribution in [0.25, 0.3) is 0 Å². The highest BCUT2D eigenvalue weighted by Gasteiger charge is 2.22. The van der Waals surface area contributed by atoms with Gasteiger partial charge < -0.3 is 25.6 Å².